The maximum Gasteiger partial charge on any atom is -0.00436 e. The highest BCUT2D eigenvalue weighted by Crippen LogP contribution is 2.64. The Morgan fingerprint density at radius 2 is 1.70 bits per heavy atom. The van der Waals surface area contributed by atoms with Crippen LogP contribution in [0.5, 0.6) is 0 Å². The van der Waals surface area contributed by atoms with Crippen molar-refractivity contribution in [2.45, 2.75) is 91.9 Å². The second-order valence-corrected chi connectivity index (χ2v) is 9.78. The van der Waals surface area contributed by atoms with Crippen LogP contribution in [0.3, 0.4) is 0 Å². The summed E-state index contributed by atoms with van der Waals surface area (Å²) in [6, 6.07) is 0. The van der Waals surface area contributed by atoms with E-state index < -0.39 is 0 Å². The molecule has 3 aliphatic carbocycles. The van der Waals surface area contributed by atoms with Crippen LogP contribution in [0.4, 0.5) is 0 Å². The topological polar surface area (TPSA) is 26.0 Å². The average molecular weight is 320 g/mol. The van der Waals surface area contributed by atoms with Gasteiger partial charge in [0.25, 0.3) is 0 Å². The van der Waals surface area contributed by atoms with Crippen LogP contribution in [0.2, 0.25) is 0 Å². The highest BCUT2D eigenvalue weighted by molar-refractivity contribution is 5.05. The second kappa shape index (κ2) is 6.70. The number of hydrogen-bond acceptors (Lipinski definition) is 1. The van der Waals surface area contributed by atoms with Gasteiger partial charge in [-0.15, -0.1) is 0 Å². The summed E-state index contributed by atoms with van der Waals surface area (Å²) in [7, 11) is 0. The lowest BCUT2D eigenvalue weighted by atomic mass is 9.44. The van der Waals surface area contributed by atoms with E-state index in [0.717, 1.165) is 36.1 Å². The van der Waals surface area contributed by atoms with Crippen molar-refractivity contribution < 1.29 is 0 Å². The lowest BCUT2D eigenvalue weighted by molar-refractivity contribution is -0.119. The molecule has 0 radical (unpaired) electrons. The van der Waals surface area contributed by atoms with Gasteiger partial charge in [0, 0.05) is 0 Å². The molecule has 3 saturated carbocycles. The van der Waals surface area contributed by atoms with Gasteiger partial charge in [0.15, 0.2) is 0 Å². The van der Waals surface area contributed by atoms with Crippen LogP contribution in [-0.4, -0.2) is 6.54 Å². The standard InChI is InChI=1S/C22H41N/c1-5-8-19-17-12-14-22(4)16(15-23)9-7-10-20(22)18(17)11-13-21(19,3)6-2/h16-20H,5-15,23H2,1-4H3/t16?,17?,18?,19?,20?,21-,22?/m0/s1. The van der Waals surface area contributed by atoms with Crippen molar-refractivity contribution in [2.75, 3.05) is 6.54 Å². The van der Waals surface area contributed by atoms with E-state index in [4.69, 9.17) is 5.73 Å². The van der Waals surface area contributed by atoms with Gasteiger partial charge in [-0.1, -0.05) is 47.0 Å². The molecule has 1 nitrogen and oxygen atoms in total. The Balaban J connectivity index is 1.86. The van der Waals surface area contributed by atoms with Gasteiger partial charge in [-0.25, -0.2) is 0 Å². The number of hydrogen-bond donors (Lipinski definition) is 1. The molecule has 134 valence electrons. The molecule has 7 atom stereocenters. The molecule has 3 aliphatic rings. The van der Waals surface area contributed by atoms with Gasteiger partial charge < -0.3 is 5.73 Å². The maximum atomic E-state index is 6.20. The Morgan fingerprint density at radius 1 is 0.957 bits per heavy atom. The molecule has 23 heavy (non-hydrogen) atoms. The average Bonchev–Trinajstić information content (AvgIpc) is 2.56. The minimum atomic E-state index is 0.560. The molecular formula is C22H41N. The van der Waals surface area contributed by atoms with Crippen LogP contribution < -0.4 is 5.73 Å². The number of fused-ring (bicyclic) bond motifs is 3. The summed E-state index contributed by atoms with van der Waals surface area (Å²) >= 11 is 0. The van der Waals surface area contributed by atoms with Crippen LogP contribution in [0, 0.1) is 40.4 Å². The number of nitrogens with two attached hydrogens (primary N) is 1. The van der Waals surface area contributed by atoms with Gasteiger partial charge >= 0.3 is 0 Å². The molecule has 1 heteroatoms. The van der Waals surface area contributed by atoms with Crippen molar-refractivity contribution in [2.24, 2.45) is 46.2 Å². The van der Waals surface area contributed by atoms with E-state index in [-0.39, 0.29) is 0 Å². The van der Waals surface area contributed by atoms with Gasteiger partial charge in [-0.05, 0) is 91.9 Å². The van der Waals surface area contributed by atoms with E-state index in [0.29, 0.717) is 10.8 Å². The molecule has 0 amide bonds. The molecule has 0 aromatic rings. The molecule has 0 bridgehead atoms. The quantitative estimate of drug-likeness (QED) is 0.673. The highest BCUT2D eigenvalue weighted by Gasteiger charge is 2.56. The van der Waals surface area contributed by atoms with Crippen molar-refractivity contribution >= 4 is 0 Å². The third-order valence-corrected chi connectivity index (χ3v) is 9.08. The molecule has 0 spiro atoms. The Hall–Kier alpha value is -0.0400. The lowest BCUT2D eigenvalue weighted by Gasteiger charge is -2.61. The zero-order valence-corrected chi connectivity index (χ0v) is 16.2. The summed E-state index contributed by atoms with van der Waals surface area (Å²) in [6.45, 7) is 11.0. The zero-order chi connectivity index (χ0) is 16.7. The summed E-state index contributed by atoms with van der Waals surface area (Å²) in [5.41, 5.74) is 7.38. The third-order valence-electron chi connectivity index (χ3n) is 9.08. The van der Waals surface area contributed by atoms with Crippen molar-refractivity contribution in [3.8, 4) is 0 Å². The fourth-order valence-corrected chi connectivity index (χ4v) is 7.44. The Labute approximate surface area is 145 Å². The predicted octanol–water partition coefficient (Wildman–Crippen LogP) is 6.02. The molecule has 0 aliphatic heterocycles. The smallest absolute Gasteiger partial charge is 0.00436 e. The first-order chi connectivity index (χ1) is 11.0. The van der Waals surface area contributed by atoms with E-state index in [2.05, 4.69) is 27.7 Å². The normalized spacial score (nSPS) is 50.2. The van der Waals surface area contributed by atoms with Crippen molar-refractivity contribution in [1.82, 2.24) is 0 Å². The fourth-order valence-electron chi connectivity index (χ4n) is 7.44. The molecule has 0 saturated heterocycles. The molecule has 3 rings (SSSR count). The van der Waals surface area contributed by atoms with Crippen LogP contribution in [-0.2, 0) is 0 Å². The van der Waals surface area contributed by atoms with Crippen LogP contribution in [0.1, 0.15) is 91.9 Å². The van der Waals surface area contributed by atoms with E-state index in [1.165, 1.54) is 64.2 Å². The summed E-state index contributed by atoms with van der Waals surface area (Å²) in [5.74, 6) is 4.79. The van der Waals surface area contributed by atoms with Gasteiger partial charge in [-0.2, -0.15) is 0 Å². The molecular weight excluding hydrogens is 278 g/mol. The Bertz CT molecular complexity index is 405. The summed E-state index contributed by atoms with van der Waals surface area (Å²) in [4.78, 5) is 0. The third kappa shape index (κ3) is 2.79. The van der Waals surface area contributed by atoms with Gasteiger partial charge in [0.1, 0.15) is 0 Å². The Kier molecular flexibility index (Phi) is 5.17. The minimum Gasteiger partial charge on any atom is -0.330 e. The minimum absolute atomic E-state index is 0.560. The van der Waals surface area contributed by atoms with Crippen molar-refractivity contribution in [3.63, 3.8) is 0 Å². The number of rotatable bonds is 4. The summed E-state index contributed by atoms with van der Waals surface area (Å²) in [6.07, 6.45) is 14.5. The maximum absolute atomic E-state index is 6.20. The van der Waals surface area contributed by atoms with Crippen molar-refractivity contribution in [3.05, 3.63) is 0 Å². The zero-order valence-electron chi connectivity index (χ0n) is 16.2. The highest BCUT2D eigenvalue weighted by atomic mass is 14.7. The molecule has 0 aromatic heterocycles. The second-order valence-electron chi connectivity index (χ2n) is 9.78. The first kappa shape index (κ1) is 17.8. The van der Waals surface area contributed by atoms with E-state index in [1.807, 2.05) is 0 Å². The molecule has 0 heterocycles. The molecule has 3 fully saturated rings. The monoisotopic (exact) mass is 319 g/mol. The molecule has 6 unspecified atom stereocenters. The van der Waals surface area contributed by atoms with E-state index in [1.54, 1.807) is 0 Å². The largest absolute Gasteiger partial charge is 0.330 e. The van der Waals surface area contributed by atoms with Crippen LogP contribution >= 0.6 is 0 Å². The summed E-state index contributed by atoms with van der Waals surface area (Å²) < 4.78 is 0. The SMILES string of the molecule is CCCC1C2CCC3(C)C(CN)CCCC3C2CC[C@]1(C)CC. The van der Waals surface area contributed by atoms with Gasteiger partial charge in [0.05, 0.1) is 0 Å². The lowest BCUT2D eigenvalue weighted by Crippen LogP contribution is -2.54. The fraction of sp³-hybridized carbons (Fsp3) is 1.00. The van der Waals surface area contributed by atoms with Crippen LogP contribution in [0.25, 0.3) is 0 Å². The molecule has 2 N–H and O–H groups in total. The van der Waals surface area contributed by atoms with E-state index >= 15 is 0 Å². The van der Waals surface area contributed by atoms with E-state index in [9.17, 15) is 0 Å². The van der Waals surface area contributed by atoms with Gasteiger partial charge in [0.2, 0.25) is 0 Å². The van der Waals surface area contributed by atoms with Crippen LogP contribution in [0.15, 0.2) is 0 Å². The molecule has 0 aromatic carbocycles. The Morgan fingerprint density at radius 3 is 2.35 bits per heavy atom. The first-order valence-electron chi connectivity index (χ1n) is 10.7. The summed E-state index contributed by atoms with van der Waals surface area (Å²) in [5, 5.41) is 0. The van der Waals surface area contributed by atoms with Gasteiger partial charge in [-0.3, -0.25) is 0 Å². The first-order valence-corrected chi connectivity index (χ1v) is 10.7. The predicted molar refractivity (Wildman–Crippen MR) is 100 cm³/mol. The van der Waals surface area contributed by atoms with Crippen molar-refractivity contribution in [1.29, 1.82) is 0 Å².